The molecule has 13 heavy (non-hydrogen) atoms. The molecule has 3 nitrogen and oxygen atoms in total. The van der Waals surface area contributed by atoms with Crippen LogP contribution >= 0.6 is 0 Å². The van der Waals surface area contributed by atoms with Crippen LogP contribution in [0.25, 0.3) is 0 Å². The molecule has 78 valence electrons. The van der Waals surface area contributed by atoms with Crippen LogP contribution in [0.5, 0.6) is 0 Å². The van der Waals surface area contributed by atoms with E-state index in [1.54, 1.807) is 0 Å². The summed E-state index contributed by atoms with van der Waals surface area (Å²) in [7, 11) is 0. The maximum absolute atomic E-state index is 9.35. The second kappa shape index (κ2) is 5.58. The average molecular weight is 186 g/mol. The van der Waals surface area contributed by atoms with Gasteiger partial charge in [-0.3, -0.25) is 4.90 Å². The van der Waals surface area contributed by atoms with Crippen LogP contribution in [0.1, 0.15) is 26.7 Å². The van der Waals surface area contributed by atoms with Crippen LogP contribution in [0, 0.1) is 0 Å². The molecular weight excluding hydrogens is 164 g/mol. The molecule has 0 aliphatic carbocycles. The van der Waals surface area contributed by atoms with E-state index in [4.69, 9.17) is 0 Å². The lowest BCUT2D eigenvalue weighted by Gasteiger charge is -2.28. The van der Waals surface area contributed by atoms with Crippen molar-refractivity contribution in [2.45, 2.75) is 38.8 Å². The predicted octanol–water partition coefficient (Wildman–Crippen LogP) is 0.441. The van der Waals surface area contributed by atoms with Gasteiger partial charge in [0.25, 0.3) is 0 Å². The number of nitrogens with zero attached hydrogens (tertiary/aromatic N) is 1. The van der Waals surface area contributed by atoms with E-state index in [-0.39, 0.29) is 6.10 Å². The highest BCUT2D eigenvalue weighted by Crippen LogP contribution is 2.09. The van der Waals surface area contributed by atoms with Crippen LogP contribution in [-0.4, -0.2) is 48.3 Å². The molecule has 1 rings (SSSR count). The van der Waals surface area contributed by atoms with E-state index in [2.05, 4.69) is 17.1 Å². The third kappa shape index (κ3) is 3.63. The van der Waals surface area contributed by atoms with Crippen LogP contribution in [0.4, 0.5) is 0 Å². The standard InChI is InChI=1S/C10H22N2O/c1-3-6-12(8-9(2)13)10-4-5-11-7-10/h9-11,13H,3-8H2,1-2H3/t9-,10?/m0/s1. The average Bonchev–Trinajstić information content (AvgIpc) is 2.54. The van der Waals surface area contributed by atoms with Gasteiger partial charge in [0.05, 0.1) is 6.10 Å². The number of aliphatic hydroxyl groups is 1. The molecule has 1 heterocycles. The van der Waals surface area contributed by atoms with Crippen molar-refractivity contribution in [3.8, 4) is 0 Å². The smallest absolute Gasteiger partial charge is 0.0639 e. The molecule has 0 aromatic carbocycles. The van der Waals surface area contributed by atoms with E-state index in [0.717, 1.165) is 26.2 Å². The Morgan fingerprint density at radius 1 is 1.62 bits per heavy atom. The molecule has 2 atom stereocenters. The van der Waals surface area contributed by atoms with Crippen molar-refractivity contribution in [3.05, 3.63) is 0 Å². The molecule has 0 aromatic rings. The van der Waals surface area contributed by atoms with Gasteiger partial charge in [0.15, 0.2) is 0 Å². The molecule has 1 aliphatic heterocycles. The number of nitrogens with one attached hydrogen (secondary N) is 1. The summed E-state index contributed by atoms with van der Waals surface area (Å²) in [6.07, 6.45) is 2.20. The number of hydrogen-bond donors (Lipinski definition) is 2. The van der Waals surface area contributed by atoms with Gasteiger partial charge < -0.3 is 10.4 Å². The zero-order chi connectivity index (χ0) is 9.68. The summed E-state index contributed by atoms with van der Waals surface area (Å²) in [5, 5.41) is 12.7. The molecule has 1 saturated heterocycles. The van der Waals surface area contributed by atoms with Gasteiger partial charge in [0.1, 0.15) is 0 Å². The summed E-state index contributed by atoms with van der Waals surface area (Å²) >= 11 is 0. The van der Waals surface area contributed by atoms with Crippen molar-refractivity contribution in [1.29, 1.82) is 0 Å². The normalized spacial score (nSPS) is 25.4. The zero-order valence-corrected chi connectivity index (χ0v) is 8.79. The summed E-state index contributed by atoms with van der Waals surface area (Å²) in [5.41, 5.74) is 0. The first-order valence-electron chi connectivity index (χ1n) is 5.37. The number of hydrogen-bond acceptors (Lipinski definition) is 3. The van der Waals surface area contributed by atoms with Gasteiger partial charge in [0, 0.05) is 19.1 Å². The Morgan fingerprint density at radius 2 is 2.38 bits per heavy atom. The molecule has 2 N–H and O–H groups in total. The first-order chi connectivity index (χ1) is 6.24. The van der Waals surface area contributed by atoms with Crippen molar-refractivity contribution in [3.63, 3.8) is 0 Å². The summed E-state index contributed by atoms with van der Waals surface area (Å²) < 4.78 is 0. The first kappa shape index (κ1) is 11.0. The Hall–Kier alpha value is -0.120. The first-order valence-corrected chi connectivity index (χ1v) is 5.37. The van der Waals surface area contributed by atoms with Gasteiger partial charge in [-0.25, -0.2) is 0 Å². The van der Waals surface area contributed by atoms with Crippen molar-refractivity contribution in [2.75, 3.05) is 26.2 Å². The molecule has 0 amide bonds. The number of rotatable bonds is 5. The maximum atomic E-state index is 9.35. The van der Waals surface area contributed by atoms with Crippen LogP contribution < -0.4 is 5.32 Å². The molecule has 0 radical (unpaired) electrons. The lowest BCUT2D eigenvalue weighted by Crippen LogP contribution is -2.41. The second-order valence-electron chi connectivity index (χ2n) is 3.99. The highest BCUT2D eigenvalue weighted by atomic mass is 16.3. The van der Waals surface area contributed by atoms with E-state index < -0.39 is 0 Å². The van der Waals surface area contributed by atoms with Crippen molar-refractivity contribution in [2.24, 2.45) is 0 Å². The Kier molecular flexibility index (Phi) is 4.70. The van der Waals surface area contributed by atoms with Crippen molar-refractivity contribution >= 4 is 0 Å². The summed E-state index contributed by atoms with van der Waals surface area (Å²) in [6, 6.07) is 0.648. The molecule has 3 heteroatoms. The second-order valence-corrected chi connectivity index (χ2v) is 3.99. The quantitative estimate of drug-likeness (QED) is 0.654. The van der Waals surface area contributed by atoms with E-state index in [0.29, 0.717) is 6.04 Å². The fourth-order valence-corrected chi connectivity index (χ4v) is 2.00. The van der Waals surface area contributed by atoms with E-state index in [9.17, 15) is 5.11 Å². The highest BCUT2D eigenvalue weighted by molar-refractivity contribution is 4.81. The fourth-order valence-electron chi connectivity index (χ4n) is 2.00. The summed E-state index contributed by atoms with van der Waals surface area (Å²) in [4.78, 5) is 2.41. The summed E-state index contributed by atoms with van der Waals surface area (Å²) in [6.45, 7) is 8.21. The molecular formula is C10H22N2O. The zero-order valence-electron chi connectivity index (χ0n) is 8.79. The van der Waals surface area contributed by atoms with Gasteiger partial charge in [-0.05, 0) is 32.9 Å². The molecule has 1 aliphatic rings. The molecule has 0 spiro atoms. The van der Waals surface area contributed by atoms with Gasteiger partial charge >= 0.3 is 0 Å². The largest absolute Gasteiger partial charge is 0.392 e. The lowest BCUT2D eigenvalue weighted by molar-refractivity contribution is 0.103. The minimum Gasteiger partial charge on any atom is -0.392 e. The minimum atomic E-state index is -0.202. The van der Waals surface area contributed by atoms with E-state index in [1.165, 1.54) is 12.8 Å². The molecule has 1 unspecified atom stereocenters. The Bertz CT molecular complexity index is 133. The molecule has 0 bridgehead atoms. The summed E-state index contributed by atoms with van der Waals surface area (Å²) in [5.74, 6) is 0. The van der Waals surface area contributed by atoms with Crippen LogP contribution in [0.2, 0.25) is 0 Å². The third-order valence-electron chi connectivity index (χ3n) is 2.56. The third-order valence-corrected chi connectivity index (χ3v) is 2.56. The van der Waals surface area contributed by atoms with Gasteiger partial charge in [0.2, 0.25) is 0 Å². The molecule has 1 fully saturated rings. The van der Waals surface area contributed by atoms with Gasteiger partial charge in [-0.2, -0.15) is 0 Å². The maximum Gasteiger partial charge on any atom is 0.0639 e. The molecule has 0 saturated carbocycles. The minimum absolute atomic E-state index is 0.202. The SMILES string of the molecule is CCCN(C[C@H](C)O)C1CCNC1. The number of aliphatic hydroxyl groups excluding tert-OH is 1. The Balaban J connectivity index is 2.35. The molecule has 0 aromatic heterocycles. The fraction of sp³-hybridized carbons (Fsp3) is 1.00. The predicted molar refractivity (Wildman–Crippen MR) is 54.8 cm³/mol. The highest BCUT2D eigenvalue weighted by Gasteiger charge is 2.22. The topological polar surface area (TPSA) is 35.5 Å². The van der Waals surface area contributed by atoms with Gasteiger partial charge in [-0.1, -0.05) is 6.92 Å². The van der Waals surface area contributed by atoms with E-state index in [1.807, 2.05) is 6.92 Å². The Morgan fingerprint density at radius 3 is 2.85 bits per heavy atom. The lowest BCUT2D eigenvalue weighted by atomic mass is 10.2. The van der Waals surface area contributed by atoms with Crippen LogP contribution in [0.3, 0.4) is 0 Å². The van der Waals surface area contributed by atoms with E-state index >= 15 is 0 Å². The monoisotopic (exact) mass is 186 g/mol. The Labute approximate surface area is 81.1 Å². The van der Waals surface area contributed by atoms with Crippen molar-refractivity contribution in [1.82, 2.24) is 10.2 Å². The van der Waals surface area contributed by atoms with Gasteiger partial charge in [-0.15, -0.1) is 0 Å². The van der Waals surface area contributed by atoms with Crippen LogP contribution in [0.15, 0.2) is 0 Å². The van der Waals surface area contributed by atoms with Crippen LogP contribution in [-0.2, 0) is 0 Å². The van der Waals surface area contributed by atoms with Crippen molar-refractivity contribution < 1.29 is 5.11 Å².